The maximum Gasteiger partial charge on any atom is 0.434 e. The number of rotatable bonds is 3. The SMILES string of the molecule is FC(F)(F)c1ncccc1Sc1cnc2[nH]c(N3CC4(CCCNC4)C3)nc2n1. The Hall–Kier alpha value is -2.40. The zero-order valence-electron chi connectivity index (χ0n) is 15.3. The van der Waals surface area contributed by atoms with Crippen molar-refractivity contribution in [3.05, 3.63) is 30.2 Å². The molecular weight excluding hydrogens is 403 g/mol. The number of halogens is 3. The molecule has 0 radical (unpaired) electrons. The fourth-order valence-electron chi connectivity index (χ4n) is 3.97. The number of H-pyrrole nitrogens is 1. The van der Waals surface area contributed by atoms with Crippen molar-refractivity contribution in [2.24, 2.45) is 5.41 Å². The third-order valence-electron chi connectivity index (χ3n) is 5.34. The van der Waals surface area contributed by atoms with Crippen LogP contribution in [0.5, 0.6) is 0 Å². The second kappa shape index (κ2) is 6.84. The average molecular weight is 421 g/mol. The van der Waals surface area contributed by atoms with E-state index in [1.54, 1.807) is 0 Å². The van der Waals surface area contributed by atoms with Crippen LogP contribution in [0.2, 0.25) is 0 Å². The molecular formula is C18H18F3N7S. The first kappa shape index (κ1) is 18.6. The number of piperidine rings is 1. The van der Waals surface area contributed by atoms with E-state index in [2.05, 4.69) is 35.1 Å². The van der Waals surface area contributed by atoms with Gasteiger partial charge in [-0.25, -0.2) is 9.97 Å². The molecule has 152 valence electrons. The van der Waals surface area contributed by atoms with E-state index in [9.17, 15) is 13.2 Å². The van der Waals surface area contributed by atoms with Crippen LogP contribution in [0.4, 0.5) is 19.1 Å². The molecule has 3 aromatic heterocycles. The number of nitrogens with zero attached hydrogens (tertiary/aromatic N) is 5. The van der Waals surface area contributed by atoms with Crippen molar-refractivity contribution in [2.45, 2.75) is 28.9 Å². The second-order valence-electron chi connectivity index (χ2n) is 7.53. The normalized spacial score (nSPS) is 18.9. The van der Waals surface area contributed by atoms with Crippen molar-refractivity contribution in [1.29, 1.82) is 0 Å². The molecule has 5 rings (SSSR count). The minimum Gasteiger partial charge on any atom is -0.341 e. The molecule has 0 amide bonds. The van der Waals surface area contributed by atoms with Gasteiger partial charge in [-0.2, -0.15) is 18.2 Å². The number of hydrogen-bond donors (Lipinski definition) is 2. The summed E-state index contributed by atoms with van der Waals surface area (Å²) in [6, 6.07) is 2.84. The summed E-state index contributed by atoms with van der Waals surface area (Å²) in [5.41, 5.74) is 0.300. The first-order chi connectivity index (χ1) is 13.9. The van der Waals surface area contributed by atoms with Crippen LogP contribution in [0.25, 0.3) is 11.3 Å². The molecule has 0 aromatic carbocycles. The van der Waals surface area contributed by atoms with Gasteiger partial charge >= 0.3 is 6.18 Å². The monoisotopic (exact) mass is 421 g/mol. The number of alkyl halides is 3. The quantitative estimate of drug-likeness (QED) is 0.672. The molecule has 0 atom stereocenters. The van der Waals surface area contributed by atoms with E-state index in [1.165, 1.54) is 31.2 Å². The van der Waals surface area contributed by atoms with Gasteiger partial charge in [-0.3, -0.25) is 4.98 Å². The Morgan fingerprint density at radius 1 is 1.17 bits per heavy atom. The van der Waals surface area contributed by atoms with Crippen molar-refractivity contribution in [2.75, 3.05) is 31.1 Å². The molecule has 7 nitrogen and oxygen atoms in total. The molecule has 0 bridgehead atoms. The fourth-order valence-corrected chi connectivity index (χ4v) is 4.85. The summed E-state index contributed by atoms with van der Waals surface area (Å²) >= 11 is 0.879. The molecule has 0 aliphatic carbocycles. The number of fused-ring (bicyclic) bond motifs is 1. The Balaban J connectivity index is 1.36. The molecule has 2 fully saturated rings. The molecule has 0 saturated carbocycles. The van der Waals surface area contributed by atoms with Gasteiger partial charge in [0.2, 0.25) is 5.95 Å². The highest BCUT2D eigenvalue weighted by atomic mass is 32.2. The lowest BCUT2D eigenvalue weighted by molar-refractivity contribution is -0.143. The van der Waals surface area contributed by atoms with Crippen molar-refractivity contribution in [3.8, 4) is 0 Å². The van der Waals surface area contributed by atoms with E-state index in [0.717, 1.165) is 44.1 Å². The molecule has 1 spiro atoms. The predicted molar refractivity (Wildman–Crippen MR) is 102 cm³/mol. The third kappa shape index (κ3) is 3.52. The van der Waals surface area contributed by atoms with Crippen molar-refractivity contribution < 1.29 is 13.2 Å². The number of aromatic nitrogens is 5. The van der Waals surface area contributed by atoms with E-state index in [-0.39, 0.29) is 4.90 Å². The van der Waals surface area contributed by atoms with Crippen LogP contribution in [0.1, 0.15) is 18.5 Å². The average Bonchev–Trinajstić information content (AvgIpc) is 3.09. The van der Waals surface area contributed by atoms with Gasteiger partial charge in [-0.15, -0.1) is 0 Å². The molecule has 29 heavy (non-hydrogen) atoms. The van der Waals surface area contributed by atoms with Gasteiger partial charge in [-0.1, -0.05) is 11.8 Å². The molecule has 2 saturated heterocycles. The van der Waals surface area contributed by atoms with Crippen LogP contribution >= 0.6 is 11.8 Å². The smallest absolute Gasteiger partial charge is 0.341 e. The standard InChI is InChI=1S/C18H18F3N7S/c19-18(20,21)13-11(3-1-6-23-13)29-12-7-24-14-15(25-12)27-16(26-14)28-9-17(10-28)4-2-5-22-8-17/h1,3,6-7,22H,2,4-5,8-10H2,(H,24,25,26,27). The van der Waals surface area contributed by atoms with Crippen LogP contribution in [0.3, 0.4) is 0 Å². The highest BCUT2D eigenvalue weighted by molar-refractivity contribution is 7.99. The zero-order chi connectivity index (χ0) is 20.1. The molecule has 2 aliphatic rings. The Bertz CT molecular complexity index is 1040. The summed E-state index contributed by atoms with van der Waals surface area (Å²) in [5.74, 6) is 0.704. The van der Waals surface area contributed by atoms with E-state index in [1.807, 2.05) is 0 Å². The van der Waals surface area contributed by atoms with Crippen LogP contribution in [-0.4, -0.2) is 51.1 Å². The summed E-state index contributed by atoms with van der Waals surface area (Å²) < 4.78 is 39.5. The van der Waals surface area contributed by atoms with Crippen molar-refractivity contribution in [1.82, 2.24) is 30.2 Å². The minimum atomic E-state index is -4.53. The van der Waals surface area contributed by atoms with E-state index >= 15 is 0 Å². The Morgan fingerprint density at radius 2 is 2.03 bits per heavy atom. The second-order valence-corrected chi connectivity index (χ2v) is 8.59. The maximum atomic E-state index is 13.2. The summed E-state index contributed by atoms with van der Waals surface area (Å²) in [4.78, 5) is 22.0. The Morgan fingerprint density at radius 3 is 2.79 bits per heavy atom. The lowest BCUT2D eigenvalue weighted by atomic mass is 9.74. The van der Waals surface area contributed by atoms with Crippen LogP contribution in [0.15, 0.2) is 34.4 Å². The Kier molecular flexibility index (Phi) is 4.39. The topological polar surface area (TPSA) is 82.6 Å². The first-order valence-electron chi connectivity index (χ1n) is 9.30. The van der Waals surface area contributed by atoms with E-state index < -0.39 is 11.9 Å². The largest absolute Gasteiger partial charge is 0.434 e. The van der Waals surface area contributed by atoms with Gasteiger partial charge in [0.15, 0.2) is 17.0 Å². The van der Waals surface area contributed by atoms with E-state index in [4.69, 9.17) is 0 Å². The van der Waals surface area contributed by atoms with Gasteiger partial charge in [0, 0.05) is 36.1 Å². The van der Waals surface area contributed by atoms with Gasteiger partial charge in [0.25, 0.3) is 0 Å². The zero-order valence-corrected chi connectivity index (χ0v) is 16.1. The molecule has 2 aliphatic heterocycles. The lowest BCUT2D eigenvalue weighted by Crippen LogP contribution is -2.62. The summed E-state index contributed by atoms with van der Waals surface area (Å²) in [6.07, 6.45) is 0.447. The number of anilines is 1. The van der Waals surface area contributed by atoms with Crippen LogP contribution < -0.4 is 10.2 Å². The predicted octanol–water partition coefficient (Wildman–Crippen LogP) is 3.11. The molecule has 5 heterocycles. The third-order valence-corrected chi connectivity index (χ3v) is 6.30. The number of imidazole rings is 1. The first-order valence-corrected chi connectivity index (χ1v) is 10.1. The Labute approximate surface area is 168 Å². The lowest BCUT2D eigenvalue weighted by Gasteiger charge is -2.52. The van der Waals surface area contributed by atoms with Gasteiger partial charge in [-0.05, 0) is 31.5 Å². The van der Waals surface area contributed by atoms with Gasteiger partial charge in [0.1, 0.15) is 5.03 Å². The maximum absolute atomic E-state index is 13.2. The van der Waals surface area contributed by atoms with Crippen LogP contribution in [0, 0.1) is 5.41 Å². The minimum absolute atomic E-state index is 0.0149. The summed E-state index contributed by atoms with van der Waals surface area (Å²) in [6.45, 7) is 3.94. The highest BCUT2D eigenvalue weighted by Gasteiger charge is 2.44. The molecule has 2 N–H and O–H groups in total. The molecule has 11 heteroatoms. The van der Waals surface area contributed by atoms with E-state index in [0.29, 0.717) is 27.7 Å². The number of pyridine rings is 1. The van der Waals surface area contributed by atoms with Crippen molar-refractivity contribution >= 4 is 29.0 Å². The number of nitrogens with one attached hydrogen (secondary N) is 2. The molecule has 3 aromatic rings. The summed E-state index contributed by atoms with van der Waals surface area (Å²) in [7, 11) is 0. The van der Waals surface area contributed by atoms with Gasteiger partial charge in [0.05, 0.1) is 6.20 Å². The number of hydrogen-bond acceptors (Lipinski definition) is 7. The fraction of sp³-hybridized carbons (Fsp3) is 0.444. The highest BCUT2D eigenvalue weighted by Crippen LogP contribution is 2.39. The van der Waals surface area contributed by atoms with Crippen LogP contribution in [-0.2, 0) is 6.18 Å². The van der Waals surface area contributed by atoms with Gasteiger partial charge < -0.3 is 15.2 Å². The molecule has 0 unspecified atom stereocenters. The number of aromatic amines is 1. The van der Waals surface area contributed by atoms with Crippen molar-refractivity contribution in [3.63, 3.8) is 0 Å². The summed E-state index contributed by atoms with van der Waals surface area (Å²) in [5, 5.41) is 3.79.